The van der Waals surface area contributed by atoms with Gasteiger partial charge in [0.1, 0.15) is 36.2 Å². The molecule has 49 heavy (non-hydrogen) atoms. The van der Waals surface area contributed by atoms with Crippen LogP contribution < -0.4 is 0 Å². The lowest BCUT2D eigenvalue weighted by Gasteiger charge is -2.52. The zero-order valence-electron chi connectivity index (χ0n) is 26.7. The Morgan fingerprint density at radius 2 is 1.61 bits per heavy atom. The van der Waals surface area contributed by atoms with Gasteiger partial charge >= 0.3 is 11.9 Å². The number of thiol groups is 1. The van der Waals surface area contributed by atoms with E-state index in [0.717, 1.165) is 17.7 Å². The van der Waals surface area contributed by atoms with Gasteiger partial charge in [0.25, 0.3) is 0 Å². The molecule has 2 aromatic heterocycles. The smallest absolute Gasteiger partial charge is 0.303 e. The van der Waals surface area contributed by atoms with Crippen molar-refractivity contribution in [3.8, 4) is 22.5 Å². The van der Waals surface area contributed by atoms with E-state index >= 15 is 0 Å². The first-order chi connectivity index (χ1) is 23.5. The van der Waals surface area contributed by atoms with Crippen LogP contribution in [0.1, 0.15) is 25.9 Å². The standard InChI is InChI=1S/C32H35F3N6O7S/c1-17(42)47-15-28-32(48-18(2)43)30(41-12-24(37-39-41)20-9-21(33)29(35)22(34)10-20)26(45-3)16-49(28)27-14-46-13-25(31(27)44)40-11-23(36-38-40)19-7-5-4-6-8-19/h4-12,25-28,30-32,44,49H,13-16H2,1-3H3/t25-,26-,27+,28+,30-,31+,32-/m0/s1. The molecular weight excluding hydrogens is 669 g/mol. The third kappa shape index (κ3) is 7.20. The highest BCUT2D eigenvalue weighted by Gasteiger charge is 2.52. The van der Waals surface area contributed by atoms with Crippen LogP contribution in [0.25, 0.3) is 22.5 Å². The fourth-order valence-corrected chi connectivity index (χ4v) is 10.0. The third-order valence-corrected chi connectivity index (χ3v) is 12.2. The zero-order valence-corrected chi connectivity index (χ0v) is 27.6. The van der Waals surface area contributed by atoms with Gasteiger partial charge in [0, 0.05) is 43.1 Å². The molecule has 0 aliphatic carbocycles. The number of carbonyl (C=O) groups is 2. The molecule has 2 aliphatic rings. The van der Waals surface area contributed by atoms with E-state index in [1.165, 1.54) is 31.8 Å². The number of carbonyl (C=O) groups excluding carboxylic acids is 2. The minimum absolute atomic E-state index is 0.0280. The van der Waals surface area contributed by atoms with Crippen LogP contribution in [0, 0.1) is 17.5 Å². The average Bonchev–Trinajstić information content (AvgIpc) is 3.77. The highest BCUT2D eigenvalue weighted by atomic mass is 32.2. The number of halogens is 3. The number of rotatable bonds is 9. The Hall–Kier alpha value is -4.32. The van der Waals surface area contributed by atoms with Crippen LogP contribution in [-0.2, 0) is 28.5 Å². The van der Waals surface area contributed by atoms with Crippen molar-refractivity contribution in [2.24, 2.45) is 0 Å². The van der Waals surface area contributed by atoms with Gasteiger partial charge in [-0.3, -0.25) is 9.59 Å². The highest BCUT2D eigenvalue weighted by molar-refractivity contribution is 8.18. The van der Waals surface area contributed by atoms with Crippen molar-refractivity contribution in [1.82, 2.24) is 30.0 Å². The number of hydrogen-bond acceptors (Lipinski definition) is 11. The Kier molecular flexibility index (Phi) is 10.3. The molecular formula is C32H35F3N6O7S. The number of aliphatic hydroxyl groups excluding tert-OH is 1. The Morgan fingerprint density at radius 1 is 0.959 bits per heavy atom. The van der Waals surface area contributed by atoms with E-state index in [1.54, 1.807) is 10.9 Å². The van der Waals surface area contributed by atoms with E-state index in [4.69, 9.17) is 18.9 Å². The normalized spacial score (nSPS) is 27.8. The summed E-state index contributed by atoms with van der Waals surface area (Å²) in [6, 6.07) is 9.64. The van der Waals surface area contributed by atoms with Crippen molar-refractivity contribution in [1.29, 1.82) is 0 Å². The van der Waals surface area contributed by atoms with Crippen LogP contribution >= 0.6 is 10.9 Å². The Morgan fingerprint density at radius 3 is 2.27 bits per heavy atom. The van der Waals surface area contributed by atoms with Gasteiger partial charge in [-0.15, -0.1) is 10.2 Å². The van der Waals surface area contributed by atoms with Crippen LogP contribution in [0.15, 0.2) is 54.9 Å². The van der Waals surface area contributed by atoms with Crippen LogP contribution in [-0.4, -0.2) is 109 Å². The molecule has 8 atom stereocenters. The molecule has 0 saturated carbocycles. The number of ether oxygens (including phenoxy) is 4. The Balaban J connectivity index is 1.34. The van der Waals surface area contributed by atoms with E-state index < -0.39 is 81.2 Å². The molecule has 2 fully saturated rings. The molecule has 6 rings (SSSR count). The number of benzene rings is 2. The minimum Gasteiger partial charge on any atom is -0.465 e. The molecule has 262 valence electrons. The summed E-state index contributed by atoms with van der Waals surface area (Å²) in [6.07, 6.45) is 0.471. The molecule has 0 bridgehead atoms. The van der Waals surface area contributed by atoms with E-state index in [9.17, 15) is 27.9 Å². The molecule has 4 heterocycles. The summed E-state index contributed by atoms with van der Waals surface area (Å²) in [6.45, 7) is 2.68. The van der Waals surface area contributed by atoms with Crippen LogP contribution in [0.4, 0.5) is 13.2 Å². The second-order valence-electron chi connectivity index (χ2n) is 11.9. The summed E-state index contributed by atoms with van der Waals surface area (Å²) >= 11 is 0. The van der Waals surface area contributed by atoms with Crippen LogP contribution in [0.2, 0.25) is 0 Å². The molecule has 1 N–H and O–H groups in total. The van der Waals surface area contributed by atoms with Crippen molar-refractivity contribution >= 4 is 22.8 Å². The average molecular weight is 705 g/mol. The number of hydrogen-bond donors (Lipinski definition) is 2. The van der Waals surface area contributed by atoms with Crippen molar-refractivity contribution in [3.05, 3.63) is 72.3 Å². The first-order valence-corrected chi connectivity index (χ1v) is 17.1. The van der Waals surface area contributed by atoms with Gasteiger partial charge in [-0.25, -0.2) is 33.4 Å². The highest BCUT2D eigenvalue weighted by Crippen LogP contribution is 2.52. The number of nitrogens with zero attached hydrogens (tertiary/aromatic N) is 6. The predicted octanol–water partition coefficient (Wildman–Crippen LogP) is 3.06. The van der Waals surface area contributed by atoms with Crippen molar-refractivity contribution in [2.45, 2.75) is 54.7 Å². The number of aliphatic hydroxyl groups is 1. The van der Waals surface area contributed by atoms with Gasteiger partial charge < -0.3 is 24.1 Å². The summed E-state index contributed by atoms with van der Waals surface area (Å²) in [5, 5.41) is 27.6. The number of esters is 2. The Bertz CT molecular complexity index is 1770. The molecule has 1 unspecified atom stereocenters. The summed E-state index contributed by atoms with van der Waals surface area (Å²) in [7, 11) is 0.0972. The maximum absolute atomic E-state index is 14.1. The largest absolute Gasteiger partial charge is 0.465 e. The third-order valence-electron chi connectivity index (χ3n) is 8.78. The molecule has 0 radical (unpaired) electrons. The second-order valence-corrected chi connectivity index (χ2v) is 14.6. The van der Waals surface area contributed by atoms with Crippen molar-refractivity contribution in [3.63, 3.8) is 0 Å². The summed E-state index contributed by atoms with van der Waals surface area (Å²) < 4.78 is 68.1. The number of aromatic nitrogens is 6. The molecule has 2 saturated heterocycles. The fraction of sp³-hybridized carbons (Fsp3) is 0.438. The zero-order chi connectivity index (χ0) is 34.8. The molecule has 4 aromatic rings. The second kappa shape index (κ2) is 14.7. The van der Waals surface area contributed by atoms with Crippen molar-refractivity contribution in [2.75, 3.05) is 32.7 Å². The molecule has 0 spiro atoms. The van der Waals surface area contributed by atoms with Gasteiger partial charge in [0.2, 0.25) is 0 Å². The Labute approximate surface area is 281 Å². The SMILES string of the molecule is CO[C@H]1C[SH]([C@@H]2COC[C@H](n3cc(-c4ccccc4)nn3)[C@H]2O)[C@H](COC(C)=O)[C@H](OC(C)=O)[C@H]1n1cc(-c2cc(F)c(F)c(F)c2)nn1. The molecule has 0 amide bonds. The lowest BCUT2D eigenvalue weighted by molar-refractivity contribution is -0.154. The van der Waals surface area contributed by atoms with E-state index in [2.05, 4.69) is 20.6 Å². The lowest BCUT2D eigenvalue weighted by atomic mass is 10.0. The van der Waals surface area contributed by atoms with Crippen molar-refractivity contribution < 1.29 is 46.8 Å². The van der Waals surface area contributed by atoms with Gasteiger partial charge in [0.15, 0.2) is 17.5 Å². The molecule has 17 heteroatoms. The lowest BCUT2D eigenvalue weighted by Crippen LogP contribution is -2.57. The molecule has 2 aliphatic heterocycles. The first kappa shape index (κ1) is 34.5. The monoisotopic (exact) mass is 704 g/mol. The first-order valence-electron chi connectivity index (χ1n) is 15.4. The van der Waals surface area contributed by atoms with Crippen LogP contribution in [0.5, 0.6) is 0 Å². The predicted molar refractivity (Wildman–Crippen MR) is 170 cm³/mol. The number of methoxy groups -OCH3 is 1. The van der Waals surface area contributed by atoms with E-state index in [1.807, 2.05) is 30.3 Å². The fourth-order valence-electron chi connectivity index (χ4n) is 6.45. The quantitative estimate of drug-likeness (QED) is 0.150. The van der Waals surface area contributed by atoms with Gasteiger partial charge in [-0.2, -0.15) is 0 Å². The van der Waals surface area contributed by atoms with E-state index in [-0.39, 0.29) is 31.1 Å². The maximum atomic E-state index is 14.1. The topological polar surface area (TPSA) is 153 Å². The van der Waals surface area contributed by atoms with Gasteiger partial charge in [-0.05, 0) is 12.1 Å². The maximum Gasteiger partial charge on any atom is 0.303 e. The van der Waals surface area contributed by atoms with Gasteiger partial charge in [-0.1, -0.05) is 40.8 Å². The summed E-state index contributed by atoms with van der Waals surface area (Å²) in [5.74, 6) is -5.26. The molecule has 2 aromatic carbocycles. The minimum atomic E-state index is -1.61. The molecule has 13 nitrogen and oxygen atoms in total. The summed E-state index contributed by atoms with van der Waals surface area (Å²) in [5.41, 5.74) is 1.45. The van der Waals surface area contributed by atoms with Gasteiger partial charge in [0.05, 0.1) is 43.1 Å². The summed E-state index contributed by atoms with van der Waals surface area (Å²) in [4.78, 5) is 24.7. The van der Waals surface area contributed by atoms with E-state index in [0.29, 0.717) is 11.4 Å². The van der Waals surface area contributed by atoms with Crippen LogP contribution in [0.3, 0.4) is 0 Å².